The quantitative estimate of drug-likeness (QED) is 0.544. The van der Waals surface area contributed by atoms with E-state index in [2.05, 4.69) is 15.6 Å². The normalized spacial score (nSPS) is 12.2. The van der Waals surface area contributed by atoms with E-state index in [4.69, 9.17) is 4.52 Å². The van der Waals surface area contributed by atoms with Gasteiger partial charge >= 0.3 is 10.7 Å². The van der Waals surface area contributed by atoms with Gasteiger partial charge in [-0.2, -0.15) is 0 Å². The van der Waals surface area contributed by atoms with Gasteiger partial charge in [-0.15, -0.1) is 0 Å². The zero-order chi connectivity index (χ0) is 17.1. The molecule has 1 unspecified atom stereocenters. The molecular formula is C16H17N4O3S+. The molecule has 0 radical (unpaired) electrons. The number of nitrogens with zero attached hydrogens (tertiary/aromatic N) is 2. The number of aromatic amines is 1. The summed E-state index contributed by atoms with van der Waals surface area (Å²) in [5.41, 5.74) is 1.03. The number of fused-ring (bicyclic) bond motifs is 1. The molecule has 1 atom stereocenters. The first-order valence-electron chi connectivity index (χ1n) is 7.49. The first kappa shape index (κ1) is 16.3. The van der Waals surface area contributed by atoms with Crippen LogP contribution in [0.3, 0.4) is 0 Å². The minimum atomic E-state index is -0.483. The van der Waals surface area contributed by atoms with Gasteiger partial charge in [0, 0.05) is 11.6 Å². The molecule has 0 aliphatic heterocycles. The molecule has 0 saturated heterocycles. The van der Waals surface area contributed by atoms with Crippen molar-refractivity contribution >= 4 is 34.3 Å². The maximum absolute atomic E-state index is 12.6. The molecular weight excluding hydrogens is 328 g/mol. The molecule has 0 spiro atoms. The summed E-state index contributed by atoms with van der Waals surface area (Å²) in [7, 11) is 1.66. The van der Waals surface area contributed by atoms with Crippen LogP contribution in [-0.4, -0.2) is 21.4 Å². The van der Waals surface area contributed by atoms with Crippen LogP contribution in [0.5, 0.6) is 0 Å². The highest BCUT2D eigenvalue weighted by Crippen LogP contribution is 2.25. The predicted molar refractivity (Wildman–Crippen MR) is 90.8 cm³/mol. The second-order valence-electron chi connectivity index (χ2n) is 5.22. The number of aromatic nitrogens is 3. The van der Waals surface area contributed by atoms with Crippen molar-refractivity contribution < 1.29 is 14.0 Å². The van der Waals surface area contributed by atoms with E-state index in [1.807, 2.05) is 37.3 Å². The SMILES string of the molecule is CCC(Sc1c(=O)o[nH][n+]1C)C(=O)Nc1cccc2ncccc12. The second-order valence-corrected chi connectivity index (χ2v) is 6.42. The van der Waals surface area contributed by atoms with Gasteiger partial charge in [-0.05, 0) is 47.7 Å². The lowest BCUT2D eigenvalue weighted by molar-refractivity contribution is -0.772. The Morgan fingerprint density at radius 1 is 1.42 bits per heavy atom. The molecule has 0 fully saturated rings. The number of benzene rings is 1. The molecule has 2 aromatic heterocycles. The molecule has 2 N–H and O–H groups in total. The van der Waals surface area contributed by atoms with Crippen LogP contribution in [0.25, 0.3) is 10.9 Å². The van der Waals surface area contributed by atoms with Crippen LogP contribution < -0.4 is 15.6 Å². The number of nitrogens with one attached hydrogen (secondary N) is 2. The van der Waals surface area contributed by atoms with E-state index in [0.717, 1.165) is 10.9 Å². The van der Waals surface area contributed by atoms with Gasteiger partial charge in [-0.3, -0.25) is 14.3 Å². The Labute approximate surface area is 142 Å². The topological polar surface area (TPSA) is 91.9 Å². The van der Waals surface area contributed by atoms with Crippen molar-refractivity contribution in [1.82, 2.24) is 10.3 Å². The third-order valence-electron chi connectivity index (χ3n) is 3.58. The maximum Gasteiger partial charge on any atom is 0.441 e. The van der Waals surface area contributed by atoms with Crippen LogP contribution in [0, 0.1) is 0 Å². The molecule has 8 heteroatoms. The van der Waals surface area contributed by atoms with Gasteiger partial charge in [0.15, 0.2) is 7.05 Å². The monoisotopic (exact) mass is 345 g/mol. The average Bonchev–Trinajstić information content (AvgIpc) is 2.91. The summed E-state index contributed by atoms with van der Waals surface area (Å²) in [4.78, 5) is 28.6. The van der Waals surface area contributed by atoms with Crippen molar-refractivity contribution in [3.05, 3.63) is 46.9 Å². The standard InChI is InChI=1S/C16H16N4O3S/c1-3-13(24-15-16(22)23-19-20(15)2)14(21)18-12-8-4-7-11-10(12)6-5-9-17-11/h4-9,13H,3H2,1-2H3,(H-,17,18,19,21,22)/p+1. The highest BCUT2D eigenvalue weighted by atomic mass is 32.2. The summed E-state index contributed by atoms with van der Waals surface area (Å²) < 4.78 is 6.18. The number of aryl methyl sites for hydroxylation is 1. The largest absolute Gasteiger partial charge is 0.441 e. The predicted octanol–water partition coefficient (Wildman–Crippen LogP) is 1.85. The number of carbonyl (C=O) groups is 1. The number of H-pyrrole nitrogens is 1. The van der Waals surface area contributed by atoms with Gasteiger partial charge in [0.05, 0.1) is 16.5 Å². The number of amides is 1. The molecule has 7 nitrogen and oxygen atoms in total. The fourth-order valence-electron chi connectivity index (χ4n) is 2.34. The molecule has 1 amide bonds. The molecule has 2 heterocycles. The summed E-state index contributed by atoms with van der Waals surface area (Å²) in [6.07, 6.45) is 2.29. The van der Waals surface area contributed by atoms with E-state index in [9.17, 15) is 9.59 Å². The number of thioether (sulfide) groups is 1. The number of anilines is 1. The van der Waals surface area contributed by atoms with Crippen molar-refractivity contribution in [1.29, 1.82) is 0 Å². The molecule has 0 aliphatic carbocycles. The first-order valence-corrected chi connectivity index (χ1v) is 8.37. The van der Waals surface area contributed by atoms with Crippen LogP contribution in [0.15, 0.2) is 50.9 Å². The van der Waals surface area contributed by atoms with Gasteiger partial charge in [0.1, 0.15) is 0 Å². The molecule has 1 aromatic carbocycles. The van der Waals surface area contributed by atoms with E-state index in [0.29, 0.717) is 17.1 Å². The van der Waals surface area contributed by atoms with Gasteiger partial charge in [-0.25, -0.2) is 4.79 Å². The minimum absolute atomic E-state index is 0.167. The Morgan fingerprint density at radius 2 is 2.25 bits per heavy atom. The highest BCUT2D eigenvalue weighted by Gasteiger charge is 2.27. The Bertz CT molecular complexity index is 929. The molecule has 0 bridgehead atoms. The highest BCUT2D eigenvalue weighted by molar-refractivity contribution is 8.00. The van der Waals surface area contributed by atoms with Crippen molar-refractivity contribution in [3.8, 4) is 0 Å². The number of carbonyl (C=O) groups excluding carboxylic acids is 1. The zero-order valence-electron chi connectivity index (χ0n) is 13.3. The lowest BCUT2D eigenvalue weighted by Gasteiger charge is -2.13. The van der Waals surface area contributed by atoms with Crippen molar-refractivity contribution in [3.63, 3.8) is 0 Å². The number of hydrogen-bond donors (Lipinski definition) is 2. The molecule has 24 heavy (non-hydrogen) atoms. The smallest absolute Gasteiger partial charge is 0.324 e. The van der Waals surface area contributed by atoms with Crippen molar-refractivity contribution in [2.24, 2.45) is 7.05 Å². The van der Waals surface area contributed by atoms with Crippen LogP contribution in [0.2, 0.25) is 0 Å². The average molecular weight is 345 g/mol. The number of pyridine rings is 1. The summed E-state index contributed by atoms with van der Waals surface area (Å²) in [5, 5.41) is 6.20. The third kappa shape index (κ3) is 3.18. The molecule has 3 rings (SSSR count). The summed E-state index contributed by atoms with van der Waals surface area (Å²) >= 11 is 1.18. The second kappa shape index (κ2) is 6.88. The molecule has 3 aromatic rings. The van der Waals surface area contributed by atoms with Gasteiger partial charge < -0.3 is 5.32 Å². The van der Waals surface area contributed by atoms with E-state index in [1.165, 1.54) is 16.4 Å². The summed E-state index contributed by atoms with van der Waals surface area (Å²) in [6, 6.07) is 9.31. The fraction of sp³-hybridized carbons (Fsp3) is 0.250. The Kier molecular flexibility index (Phi) is 4.66. The van der Waals surface area contributed by atoms with E-state index in [1.54, 1.807) is 13.2 Å². The Balaban J connectivity index is 1.83. The molecule has 0 saturated carbocycles. The van der Waals surface area contributed by atoms with Gasteiger partial charge in [0.25, 0.3) is 0 Å². The van der Waals surface area contributed by atoms with E-state index < -0.39 is 10.9 Å². The van der Waals surface area contributed by atoms with Crippen LogP contribution in [0.1, 0.15) is 13.3 Å². The van der Waals surface area contributed by atoms with Crippen molar-refractivity contribution in [2.75, 3.05) is 5.32 Å². The number of hydrogen-bond acceptors (Lipinski definition) is 5. The van der Waals surface area contributed by atoms with Crippen molar-refractivity contribution in [2.45, 2.75) is 23.6 Å². The van der Waals surface area contributed by atoms with Gasteiger partial charge in [0.2, 0.25) is 5.91 Å². The first-order chi connectivity index (χ1) is 11.6. The lowest BCUT2D eigenvalue weighted by atomic mass is 10.1. The fourth-order valence-corrected chi connectivity index (χ4v) is 3.28. The van der Waals surface area contributed by atoms with Crippen LogP contribution in [-0.2, 0) is 11.8 Å². The summed E-state index contributed by atoms with van der Waals surface area (Å²) in [5.74, 6) is -0.167. The van der Waals surface area contributed by atoms with E-state index in [-0.39, 0.29) is 5.91 Å². The Hall–Kier alpha value is -2.61. The maximum atomic E-state index is 12.6. The van der Waals surface area contributed by atoms with Gasteiger partial charge in [-0.1, -0.05) is 17.7 Å². The zero-order valence-corrected chi connectivity index (χ0v) is 14.1. The van der Waals surface area contributed by atoms with Crippen LogP contribution in [0.4, 0.5) is 5.69 Å². The third-order valence-corrected chi connectivity index (χ3v) is 5.07. The number of rotatable bonds is 5. The molecule has 0 aliphatic rings. The minimum Gasteiger partial charge on any atom is -0.324 e. The summed E-state index contributed by atoms with van der Waals surface area (Å²) in [6.45, 7) is 1.90. The Morgan fingerprint density at radius 3 is 2.96 bits per heavy atom. The molecule has 124 valence electrons. The van der Waals surface area contributed by atoms with E-state index >= 15 is 0 Å². The lowest BCUT2D eigenvalue weighted by Crippen LogP contribution is -2.35. The van der Waals surface area contributed by atoms with Crippen LogP contribution >= 0.6 is 11.8 Å².